The van der Waals surface area contributed by atoms with E-state index in [0.717, 1.165) is 35.1 Å². The number of rotatable bonds is 5. The van der Waals surface area contributed by atoms with Crippen LogP contribution in [0.5, 0.6) is 11.5 Å². The fraction of sp³-hybridized carbons (Fsp3) is 0.200. The second kappa shape index (κ2) is 8.21. The number of benzene rings is 3. The third kappa shape index (κ3) is 4.84. The molecule has 0 amide bonds. The second-order valence-corrected chi connectivity index (χ2v) is 7.87. The quantitative estimate of drug-likeness (QED) is 0.375. The molecule has 0 spiro atoms. The number of hydrogen-bond acceptors (Lipinski definition) is 2. The largest absolute Gasteiger partial charge is 0.454 e. The Morgan fingerprint density at radius 3 is 2.19 bits per heavy atom. The highest BCUT2D eigenvalue weighted by molar-refractivity contribution is 7.99. The van der Waals surface area contributed by atoms with Crippen molar-refractivity contribution in [2.75, 3.05) is 5.75 Å². The molecule has 3 aromatic rings. The molecule has 27 heavy (non-hydrogen) atoms. The van der Waals surface area contributed by atoms with Crippen LogP contribution in [0.1, 0.15) is 18.9 Å². The van der Waals surface area contributed by atoms with Crippen molar-refractivity contribution in [2.45, 2.75) is 24.4 Å². The van der Waals surface area contributed by atoms with Gasteiger partial charge in [0.1, 0.15) is 5.75 Å². The van der Waals surface area contributed by atoms with Crippen molar-refractivity contribution in [3.8, 4) is 11.5 Å². The standard InChI is InChI=1S/C20H15Cl2F3OS/c1-2-7-27-16-6-4-12-8-15(5-3-13(12)9-16)26-19-17(21)10-14(11-18(19)22)20(23,24)25/h3-6,8-11H,2,7H2,1H3. The number of halogens is 5. The minimum atomic E-state index is -4.53. The lowest BCUT2D eigenvalue weighted by Crippen LogP contribution is -2.05. The summed E-state index contributed by atoms with van der Waals surface area (Å²) in [7, 11) is 0. The fourth-order valence-electron chi connectivity index (χ4n) is 2.51. The summed E-state index contributed by atoms with van der Waals surface area (Å²) in [4.78, 5) is 1.19. The minimum absolute atomic E-state index is 0.000745. The van der Waals surface area contributed by atoms with Crippen LogP contribution in [0.3, 0.4) is 0 Å². The summed E-state index contributed by atoms with van der Waals surface area (Å²) in [5.74, 6) is 1.50. The molecule has 0 radical (unpaired) electrons. The lowest BCUT2D eigenvalue weighted by Gasteiger charge is -2.13. The molecule has 3 rings (SSSR count). The van der Waals surface area contributed by atoms with Crippen molar-refractivity contribution in [3.05, 3.63) is 64.1 Å². The number of fused-ring (bicyclic) bond motifs is 1. The summed E-state index contributed by atoms with van der Waals surface area (Å²) in [5, 5.41) is 1.61. The fourth-order valence-corrected chi connectivity index (χ4v) is 3.89. The van der Waals surface area contributed by atoms with E-state index < -0.39 is 11.7 Å². The van der Waals surface area contributed by atoms with Gasteiger partial charge in [0.05, 0.1) is 15.6 Å². The van der Waals surface area contributed by atoms with Gasteiger partial charge in [-0.2, -0.15) is 13.2 Å². The van der Waals surface area contributed by atoms with Crippen LogP contribution < -0.4 is 4.74 Å². The van der Waals surface area contributed by atoms with Crippen LogP contribution in [0.25, 0.3) is 10.8 Å². The van der Waals surface area contributed by atoms with Crippen LogP contribution in [0.2, 0.25) is 10.0 Å². The monoisotopic (exact) mass is 430 g/mol. The molecule has 0 aliphatic heterocycles. The molecule has 0 aromatic heterocycles. The number of hydrogen-bond donors (Lipinski definition) is 0. The number of ether oxygens (including phenoxy) is 1. The van der Waals surface area contributed by atoms with Crippen molar-refractivity contribution in [2.24, 2.45) is 0 Å². The molecule has 0 aliphatic rings. The van der Waals surface area contributed by atoms with Gasteiger partial charge in [0, 0.05) is 4.90 Å². The van der Waals surface area contributed by atoms with E-state index >= 15 is 0 Å². The molecule has 0 atom stereocenters. The maximum atomic E-state index is 12.8. The summed E-state index contributed by atoms with van der Waals surface area (Å²) < 4.78 is 44.2. The van der Waals surface area contributed by atoms with Crippen molar-refractivity contribution in [1.29, 1.82) is 0 Å². The Balaban J connectivity index is 1.88. The zero-order valence-corrected chi connectivity index (χ0v) is 16.6. The van der Waals surface area contributed by atoms with E-state index in [1.54, 1.807) is 23.9 Å². The van der Waals surface area contributed by atoms with E-state index in [1.165, 1.54) is 4.90 Å². The SMILES string of the molecule is CCCSc1ccc2cc(Oc3c(Cl)cc(C(F)(F)F)cc3Cl)ccc2c1. The summed E-state index contributed by atoms with van der Waals surface area (Å²) in [6.07, 6.45) is -3.42. The first-order valence-corrected chi connectivity index (χ1v) is 9.93. The van der Waals surface area contributed by atoms with E-state index in [4.69, 9.17) is 27.9 Å². The average molecular weight is 431 g/mol. The van der Waals surface area contributed by atoms with Gasteiger partial charge in [-0.05, 0) is 59.3 Å². The predicted octanol–water partition coefficient (Wildman–Crippen LogP) is 8.46. The summed E-state index contributed by atoms with van der Waals surface area (Å²) in [6, 6.07) is 13.2. The van der Waals surface area contributed by atoms with Crippen LogP contribution in [0.4, 0.5) is 13.2 Å². The third-order valence-corrected chi connectivity index (χ3v) is 5.56. The van der Waals surface area contributed by atoms with Gasteiger partial charge in [0.15, 0.2) is 5.75 Å². The van der Waals surface area contributed by atoms with E-state index in [2.05, 4.69) is 13.0 Å². The first-order chi connectivity index (χ1) is 12.8. The van der Waals surface area contributed by atoms with Gasteiger partial charge < -0.3 is 4.74 Å². The van der Waals surface area contributed by atoms with Gasteiger partial charge in [-0.25, -0.2) is 0 Å². The molecule has 0 fully saturated rings. The van der Waals surface area contributed by atoms with Gasteiger partial charge >= 0.3 is 6.18 Å². The Hall–Kier alpha value is -1.56. The molecule has 0 saturated heterocycles. The Bertz CT molecular complexity index is 950. The molecule has 7 heteroatoms. The van der Waals surface area contributed by atoms with Crippen molar-refractivity contribution < 1.29 is 17.9 Å². The predicted molar refractivity (Wildman–Crippen MR) is 107 cm³/mol. The van der Waals surface area contributed by atoms with Gasteiger partial charge in [0.2, 0.25) is 0 Å². The first kappa shape index (κ1) is 20.2. The molecule has 0 saturated carbocycles. The highest BCUT2D eigenvalue weighted by Gasteiger charge is 2.32. The van der Waals surface area contributed by atoms with Crippen LogP contribution in [-0.4, -0.2) is 5.75 Å². The highest BCUT2D eigenvalue weighted by atomic mass is 35.5. The Morgan fingerprint density at radius 2 is 1.56 bits per heavy atom. The lowest BCUT2D eigenvalue weighted by molar-refractivity contribution is -0.137. The molecule has 0 bridgehead atoms. The lowest BCUT2D eigenvalue weighted by atomic mass is 10.1. The van der Waals surface area contributed by atoms with Crippen LogP contribution in [-0.2, 0) is 6.18 Å². The Morgan fingerprint density at radius 1 is 0.926 bits per heavy atom. The number of thioether (sulfide) groups is 1. The average Bonchev–Trinajstić information content (AvgIpc) is 2.61. The minimum Gasteiger partial charge on any atom is -0.454 e. The first-order valence-electron chi connectivity index (χ1n) is 8.18. The van der Waals surface area contributed by atoms with Crippen molar-refractivity contribution in [1.82, 2.24) is 0 Å². The van der Waals surface area contributed by atoms with Crippen molar-refractivity contribution >= 4 is 45.7 Å². The molecule has 0 heterocycles. The smallest absolute Gasteiger partial charge is 0.416 e. The van der Waals surface area contributed by atoms with E-state index in [9.17, 15) is 13.2 Å². The molecule has 0 unspecified atom stereocenters. The maximum Gasteiger partial charge on any atom is 0.416 e. The van der Waals surface area contributed by atoms with Crippen molar-refractivity contribution in [3.63, 3.8) is 0 Å². The summed E-state index contributed by atoms with van der Waals surface area (Å²) in [5.41, 5.74) is -0.916. The highest BCUT2D eigenvalue weighted by Crippen LogP contribution is 2.42. The van der Waals surface area contributed by atoms with Gasteiger partial charge in [0.25, 0.3) is 0 Å². The molecule has 1 nitrogen and oxygen atoms in total. The normalized spacial score (nSPS) is 11.8. The maximum absolute atomic E-state index is 12.8. The molecule has 142 valence electrons. The summed E-state index contributed by atoms with van der Waals surface area (Å²) in [6.45, 7) is 2.13. The van der Waals surface area contributed by atoms with E-state index in [0.29, 0.717) is 5.75 Å². The molecule has 0 aliphatic carbocycles. The number of alkyl halides is 3. The van der Waals surface area contributed by atoms with Crippen LogP contribution in [0, 0.1) is 0 Å². The summed E-state index contributed by atoms with van der Waals surface area (Å²) >= 11 is 13.7. The second-order valence-electron chi connectivity index (χ2n) is 5.89. The van der Waals surface area contributed by atoms with Gasteiger partial charge in [-0.1, -0.05) is 42.3 Å². The van der Waals surface area contributed by atoms with Gasteiger partial charge in [-0.15, -0.1) is 11.8 Å². The molecular weight excluding hydrogens is 416 g/mol. The third-order valence-electron chi connectivity index (χ3n) is 3.80. The van der Waals surface area contributed by atoms with Gasteiger partial charge in [-0.3, -0.25) is 0 Å². The Labute approximate surface area is 169 Å². The zero-order chi connectivity index (χ0) is 19.6. The molecule has 0 N–H and O–H groups in total. The molecular formula is C20H15Cl2F3OS. The van der Waals surface area contributed by atoms with Crippen LogP contribution >= 0.6 is 35.0 Å². The Kier molecular flexibility index (Phi) is 6.14. The topological polar surface area (TPSA) is 9.23 Å². The van der Waals surface area contributed by atoms with E-state index in [-0.39, 0.29) is 15.8 Å². The van der Waals surface area contributed by atoms with E-state index in [1.807, 2.05) is 18.2 Å². The zero-order valence-electron chi connectivity index (χ0n) is 14.2. The molecule has 3 aromatic carbocycles. The van der Waals surface area contributed by atoms with Crippen LogP contribution in [0.15, 0.2) is 53.4 Å².